The zero-order chi connectivity index (χ0) is 28.3. The third kappa shape index (κ3) is 5.33. The fourth-order valence-corrected chi connectivity index (χ4v) is 4.42. The van der Waals surface area contributed by atoms with Gasteiger partial charge in [-0.05, 0) is 30.3 Å². The second-order valence-corrected chi connectivity index (χ2v) is 8.51. The van der Waals surface area contributed by atoms with Crippen LogP contribution in [0.5, 0.6) is 34.5 Å². The molecular formula is C28H28FNO9. The Morgan fingerprint density at radius 3 is 2.10 bits per heavy atom. The first kappa shape index (κ1) is 27.4. The van der Waals surface area contributed by atoms with Crippen molar-refractivity contribution in [3.63, 3.8) is 0 Å². The topological polar surface area (TPSA) is 125 Å². The molecule has 0 spiro atoms. The molecule has 0 fully saturated rings. The molecule has 2 atom stereocenters. The van der Waals surface area contributed by atoms with Crippen LogP contribution >= 0.6 is 0 Å². The van der Waals surface area contributed by atoms with Crippen LogP contribution in [0.3, 0.4) is 0 Å². The maximum absolute atomic E-state index is 14.0. The third-order valence-corrected chi connectivity index (χ3v) is 6.34. The quantitative estimate of drug-likeness (QED) is 0.402. The maximum Gasteiger partial charge on any atom is 0.338 e. The number of esters is 1. The van der Waals surface area contributed by atoms with Gasteiger partial charge in [0, 0.05) is 29.7 Å². The number of amides is 1. The van der Waals surface area contributed by atoms with Gasteiger partial charge in [0.25, 0.3) is 5.91 Å². The smallest absolute Gasteiger partial charge is 0.338 e. The lowest BCUT2D eigenvalue weighted by Crippen LogP contribution is -2.35. The predicted octanol–water partition coefficient (Wildman–Crippen LogP) is 3.87. The molecule has 39 heavy (non-hydrogen) atoms. The molecule has 1 aliphatic rings. The number of primary amides is 1. The molecule has 1 amide bonds. The van der Waals surface area contributed by atoms with Gasteiger partial charge in [0.1, 0.15) is 29.2 Å². The largest absolute Gasteiger partial charge is 0.496 e. The number of rotatable bonds is 9. The number of nitrogens with two attached hydrogens (primary N) is 1. The van der Waals surface area contributed by atoms with E-state index in [0.29, 0.717) is 45.6 Å². The van der Waals surface area contributed by atoms with Crippen LogP contribution in [-0.4, -0.2) is 53.5 Å². The van der Waals surface area contributed by atoms with Crippen LogP contribution in [0.15, 0.2) is 42.5 Å². The Hall–Kier alpha value is -4.67. The molecule has 4 rings (SSSR count). The van der Waals surface area contributed by atoms with Gasteiger partial charge in [-0.2, -0.15) is 0 Å². The average Bonchev–Trinajstić information content (AvgIpc) is 2.95. The highest BCUT2D eigenvalue weighted by Gasteiger charge is 2.38. The van der Waals surface area contributed by atoms with Crippen molar-refractivity contribution >= 4 is 11.9 Å². The Bertz CT molecular complexity index is 1380. The number of carbonyl (C=O) groups excluding carboxylic acids is 2. The summed E-state index contributed by atoms with van der Waals surface area (Å²) in [5.41, 5.74) is 5.97. The van der Waals surface area contributed by atoms with Crippen molar-refractivity contribution < 1.29 is 47.1 Å². The van der Waals surface area contributed by atoms with Gasteiger partial charge < -0.3 is 38.9 Å². The lowest BCUT2D eigenvalue weighted by Gasteiger charge is -2.34. The number of benzene rings is 3. The van der Waals surface area contributed by atoms with Crippen molar-refractivity contribution in [2.45, 2.75) is 18.6 Å². The Labute approximate surface area is 224 Å². The van der Waals surface area contributed by atoms with Crippen molar-refractivity contribution in [2.75, 3.05) is 35.5 Å². The fourth-order valence-electron chi connectivity index (χ4n) is 4.42. The van der Waals surface area contributed by atoms with Crippen LogP contribution in [0, 0.1) is 5.82 Å². The van der Waals surface area contributed by atoms with Gasteiger partial charge in [-0.15, -0.1) is 0 Å². The Morgan fingerprint density at radius 1 is 0.872 bits per heavy atom. The van der Waals surface area contributed by atoms with Gasteiger partial charge in [0.15, 0.2) is 17.6 Å². The van der Waals surface area contributed by atoms with Gasteiger partial charge in [-0.25, -0.2) is 9.18 Å². The van der Waals surface area contributed by atoms with E-state index in [4.69, 9.17) is 38.9 Å². The molecule has 0 bridgehead atoms. The number of hydrogen-bond acceptors (Lipinski definition) is 9. The summed E-state index contributed by atoms with van der Waals surface area (Å²) in [4.78, 5) is 24.8. The predicted molar refractivity (Wildman–Crippen MR) is 137 cm³/mol. The molecule has 2 unspecified atom stereocenters. The molecule has 0 saturated carbocycles. The Kier molecular flexibility index (Phi) is 7.99. The maximum atomic E-state index is 14.0. The standard InChI is InChI=1S/C28H28FNO9/c1-33-16-11-20(34-2)18-13-24(39-28(32)14-6-7-19(29)17(8-14)27(30)31)25(38-21(18)12-16)15-9-22(35-3)26(37-5)23(10-15)36-4/h6-12,24-25H,13H2,1-5H3,(H2,30,31). The van der Waals surface area contributed by atoms with Gasteiger partial charge in [0.05, 0.1) is 46.7 Å². The van der Waals surface area contributed by atoms with E-state index >= 15 is 0 Å². The fraction of sp³-hybridized carbons (Fsp3) is 0.286. The van der Waals surface area contributed by atoms with Crippen molar-refractivity contribution in [1.82, 2.24) is 0 Å². The molecular weight excluding hydrogens is 513 g/mol. The first-order valence-corrected chi connectivity index (χ1v) is 11.8. The number of hydrogen-bond donors (Lipinski definition) is 1. The monoisotopic (exact) mass is 541 g/mol. The van der Waals surface area contributed by atoms with E-state index in [2.05, 4.69) is 0 Å². The second-order valence-electron chi connectivity index (χ2n) is 8.51. The summed E-state index contributed by atoms with van der Waals surface area (Å²) in [6.45, 7) is 0. The molecule has 3 aromatic rings. The summed E-state index contributed by atoms with van der Waals surface area (Å²) in [5.74, 6) is -0.0782. The molecule has 10 nitrogen and oxygen atoms in total. The molecule has 1 heterocycles. The number of halogens is 1. The highest BCUT2D eigenvalue weighted by atomic mass is 19.1. The first-order valence-electron chi connectivity index (χ1n) is 11.8. The SMILES string of the molecule is COc1cc(OC)c2c(c1)OC(c1cc(OC)c(OC)c(OC)c1)C(OC(=O)c1ccc(F)c(C(N)=O)c1)C2. The average molecular weight is 542 g/mol. The highest BCUT2D eigenvalue weighted by molar-refractivity contribution is 5.97. The highest BCUT2D eigenvalue weighted by Crippen LogP contribution is 2.46. The van der Waals surface area contributed by atoms with Gasteiger partial charge in [-0.3, -0.25) is 4.79 Å². The molecule has 206 valence electrons. The van der Waals surface area contributed by atoms with E-state index in [1.165, 1.54) is 41.6 Å². The zero-order valence-corrected chi connectivity index (χ0v) is 22.0. The van der Waals surface area contributed by atoms with Crippen molar-refractivity contribution in [1.29, 1.82) is 0 Å². The van der Waals surface area contributed by atoms with Crippen LogP contribution < -0.4 is 34.2 Å². The Morgan fingerprint density at radius 2 is 1.54 bits per heavy atom. The number of ether oxygens (including phenoxy) is 7. The molecule has 3 aromatic carbocycles. The number of methoxy groups -OCH3 is 5. The summed E-state index contributed by atoms with van der Waals surface area (Å²) >= 11 is 0. The minimum atomic E-state index is -1.01. The van der Waals surface area contributed by atoms with Crippen molar-refractivity contribution in [3.8, 4) is 34.5 Å². The molecule has 0 radical (unpaired) electrons. The van der Waals surface area contributed by atoms with Gasteiger partial charge >= 0.3 is 5.97 Å². The molecule has 11 heteroatoms. The summed E-state index contributed by atoms with van der Waals surface area (Å²) in [5, 5.41) is 0. The molecule has 1 aliphatic heterocycles. The van der Waals surface area contributed by atoms with Crippen LogP contribution in [0.1, 0.15) is 37.9 Å². The first-order chi connectivity index (χ1) is 18.7. The summed E-state index contributed by atoms with van der Waals surface area (Å²) in [6, 6.07) is 10.0. The minimum Gasteiger partial charge on any atom is -0.496 e. The normalized spacial score (nSPS) is 15.8. The van der Waals surface area contributed by atoms with E-state index < -0.39 is 35.5 Å². The van der Waals surface area contributed by atoms with Crippen molar-refractivity contribution in [3.05, 3.63) is 70.5 Å². The number of fused-ring (bicyclic) bond motifs is 1. The lowest BCUT2D eigenvalue weighted by molar-refractivity contribution is -0.0188. The van der Waals surface area contributed by atoms with E-state index in [1.807, 2.05) is 0 Å². The molecule has 0 aliphatic carbocycles. The van der Waals surface area contributed by atoms with Crippen LogP contribution in [-0.2, 0) is 11.2 Å². The zero-order valence-electron chi connectivity index (χ0n) is 22.0. The third-order valence-electron chi connectivity index (χ3n) is 6.34. The van der Waals surface area contributed by atoms with Crippen molar-refractivity contribution in [2.24, 2.45) is 5.73 Å². The van der Waals surface area contributed by atoms with Crippen LogP contribution in [0.4, 0.5) is 4.39 Å². The minimum absolute atomic E-state index is 0.0543. The van der Waals surface area contributed by atoms with Gasteiger partial charge in [-0.1, -0.05) is 0 Å². The summed E-state index contributed by atoms with van der Waals surface area (Å²) in [6.07, 6.45) is -1.54. The van der Waals surface area contributed by atoms with E-state index in [9.17, 15) is 14.0 Å². The summed E-state index contributed by atoms with van der Waals surface area (Å²) < 4.78 is 53.6. The van der Waals surface area contributed by atoms with Gasteiger partial charge in [0.2, 0.25) is 5.75 Å². The Balaban J connectivity index is 1.80. The molecule has 2 N–H and O–H groups in total. The number of carbonyl (C=O) groups is 2. The summed E-state index contributed by atoms with van der Waals surface area (Å²) in [7, 11) is 7.48. The van der Waals surface area contributed by atoms with Crippen LogP contribution in [0.25, 0.3) is 0 Å². The molecule has 0 aromatic heterocycles. The van der Waals surface area contributed by atoms with E-state index in [1.54, 1.807) is 24.3 Å². The molecule has 0 saturated heterocycles. The van der Waals surface area contributed by atoms with Crippen LogP contribution in [0.2, 0.25) is 0 Å². The van der Waals surface area contributed by atoms with E-state index in [-0.39, 0.29) is 12.0 Å². The second kappa shape index (κ2) is 11.4. The lowest BCUT2D eigenvalue weighted by atomic mass is 9.93. The van der Waals surface area contributed by atoms with E-state index in [0.717, 1.165) is 12.1 Å².